The van der Waals surface area contributed by atoms with E-state index in [0.717, 1.165) is 6.07 Å². The first-order valence-corrected chi connectivity index (χ1v) is 8.79. The zero-order valence-electron chi connectivity index (χ0n) is 14.0. The van der Waals surface area contributed by atoms with E-state index in [-0.39, 0.29) is 4.68 Å². The second kappa shape index (κ2) is 7.82. The first-order valence-electron chi connectivity index (χ1n) is 7.21. The fourth-order valence-corrected chi connectivity index (χ4v) is 3.57. The number of nitrogens with two attached hydrogens (primary N) is 1. The maximum Gasteiger partial charge on any atom is 0.460 e. The molecule has 1 aromatic heterocycles. The summed E-state index contributed by atoms with van der Waals surface area (Å²) in [6.45, 7) is 0. The second-order valence-electron chi connectivity index (χ2n) is 5.56. The van der Waals surface area contributed by atoms with Gasteiger partial charge in [0, 0.05) is 0 Å². The van der Waals surface area contributed by atoms with Crippen LogP contribution in [-0.2, 0) is 6.18 Å². The lowest BCUT2D eigenvalue weighted by molar-refractivity contribution is -0.330. The van der Waals surface area contributed by atoms with E-state index in [1.165, 1.54) is 0 Å². The molecule has 0 saturated carbocycles. The van der Waals surface area contributed by atoms with E-state index in [1.54, 1.807) is 0 Å². The van der Waals surface area contributed by atoms with Gasteiger partial charge >= 0.3 is 23.5 Å². The van der Waals surface area contributed by atoms with Crippen molar-refractivity contribution in [2.75, 3.05) is 5.73 Å². The van der Waals surface area contributed by atoms with Gasteiger partial charge < -0.3 is 5.73 Å². The van der Waals surface area contributed by atoms with Crippen molar-refractivity contribution in [1.29, 1.82) is 5.26 Å². The van der Waals surface area contributed by atoms with E-state index in [2.05, 4.69) is 5.10 Å². The Bertz CT molecular complexity index is 1030. The van der Waals surface area contributed by atoms with Gasteiger partial charge in [-0.05, 0) is 23.9 Å². The predicted octanol–water partition coefficient (Wildman–Crippen LogP) is 6.53. The largest absolute Gasteiger partial charge is 0.460 e. The number of rotatable bonds is 4. The highest BCUT2D eigenvalue weighted by molar-refractivity contribution is 8.00. The molecule has 0 aliphatic rings. The van der Waals surface area contributed by atoms with Crippen molar-refractivity contribution < 1.29 is 43.9 Å². The molecule has 4 nitrogen and oxygen atoms in total. The summed E-state index contributed by atoms with van der Waals surface area (Å²) >= 11 is 10.0. The average molecular weight is 521 g/mol. The van der Waals surface area contributed by atoms with Crippen molar-refractivity contribution in [3.05, 3.63) is 33.4 Å². The van der Waals surface area contributed by atoms with Crippen LogP contribution in [0.15, 0.2) is 17.0 Å². The molecule has 0 aliphatic carbocycles. The summed E-state index contributed by atoms with van der Waals surface area (Å²) in [4.78, 5) is -1.30. The van der Waals surface area contributed by atoms with E-state index >= 15 is 0 Å². The lowest BCUT2D eigenvalue weighted by Gasteiger charge is -2.27. The number of benzene rings is 1. The van der Waals surface area contributed by atoms with Gasteiger partial charge in [-0.15, -0.1) is 0 Å². The van der Waals surface area contributed by atoms with E-state index in [0.29, 0.717) is 12.1 Å². The minimum atomic E-state index is -6.65. The highest BCUT2D eigenvalue weighted by Crippen LogP contribution is 2.55. The molecule has 1 heterocycles. The number of nitrogen functional groups attached to an aromatic ring is 1. The fourth-order valence-electron chi connectivity index (χ4n) is 2.05. The van der Waals surface area contributed by atoms with E-state index in [4.69, 9.17) is 34.2 Å². The van der Waals surface area contributed by atoms with Crippen LogP contribution in [0.4, 0.5) is 49.7 Å². The smallest absolute Gasteiger partial charge is 0.383 e. The van der Waals surface area contributed by atoms with Gasteiger partial charge in [0.15, 0.2) is 5.69 Å². The molecule has 0 bridgehead atoms. The summed E-state index contributed by atoms with van der Waals surface area (Å²) in [5, 5.41) is 4.91. The molecule has 0 radical (unpaired) electrons. The summed E-state index contributed by atoms with van der Waals surface area (Å²) in [7, 11) is 0. The topological polar surface area (TPSA) is 67.6 Å². The molecule has 170 valence electrons. The Hall–Kier alpha value is -2.05. The predicted molar refractivity (Wildman–Crippen MR) is 89.5 cm³/mol. The normalized spacial score (nSPS) is 13.4. The molecular formula is C14H4Cl2F10N4S. The van der Waals surface area contributed by atoms with Crippen LogP contribution in [0, 0.1) is 11.3 Å². The standard InChI is InChI=1S/C14H4Cl2F10N4S/c15-5-1-4(11(17,18)19)2-6(16)8(5)30-10(28)9(7(3-27)29-30)31-14(25,26)12(20,21)13(22,23)24/h1-2H,28H2. The number of nitrogens with zero attached hydrogens (tertiary/aromatic N) is 3. The summed E-state index contributed by atoms with van der Waals surface area (Å²) in [6.07, 6.45) is -11.5. The SMILES string of the molecule is N#Cc1nn(-c2c(Cl)cc(C(F)(F)F)cc2Cl)c(N)c1SC(F)(F)C(F)(F)C(F)(F)F. The molecule has 2 rings (SSSR count). The van der Waals surface area contributed by atoms with Crippen LogP contribution >= 0.6 is 35.0 Å². The summed E-state index contributed by atoms with van der Waals surface area (Å²) in [6, 6.07) is 1.84. The van der Waals surface area contributed by atoms with E-state index < -0.39 is 73.0 Å². The van der Waals surface area contributed by atoms with Crippen molar-refractivity contribution in [1.82, 2.24) is 9.78 Å². The molecule has 31 heavy (non-hydrogen) atoms. The summed E-state index contributed by atoms with van der Waals surface area (Å²) in [5.74, 6) is -7.63. The maximum absolute atomic E-state index is 13.7. The van der Waals surface area contributed by atoms with Crippen LogP contribution in [0.5, 0.6) is 0 Å². The van der Waals surface area contributed by atoms with E-state index in [9.17, 15) is 43.9 Å². The molecule has 0 aliphatic heterocycles. The average Bonchev–Trinajstić information content (AvgIpc) is 2.88. The van der Waals surface area contributed by atoms with Gasteiger partial charge in [0.25, 0.3) is 0 Å². The molecule has 0 fully saturated rings. The third-order valence-corrected chi connectivity index (χ3v) is 5.19. The van der Waals surface area contributed by atoms with Gasteiger partial charge in [-0.25, -0.2) is 4.68 Å². The minimum Gasteiger partial charge on any atom is -0.383 e. The zero-order chi connectivity index (χ0) is 24.2. The van der Waals surface area contributed by atoms with Gasteiger partial charge in [0.2, 0.25) is 0 Å². The second-order valence-corrected chi connectivity index (χ2v) is 7.50. The molecule has 0 spiro atoms. The van der Waals surface area contributed by atoms with Crippen LogP contribution in [0.3, 0.4) is 0 Å². The Kier molecular flexibility index (Phi) is 6.36. The van der Waals surface area contributed by atoms with E-state index in [1.807, 2.05) is 0 Å². The van der Waals surface area contributed by atoms with Crippen molar-refractivity contribution >= 4 is 40.8 Å². The number of alkyl halides is 10. The van der Waals surface area contributed by atoms with Crippen molar-refractivity contribution in [3.8, 4) is 11.8 Å². The van der Waals surface area contributed by atoms with Gasteiger partial charge in [-0.1, -0.05) is 23.2 Å². The first kappa shape index (κ1) is 25.2. The molecule has 2 aromatic rings. The third kappa shape index (κ3) is 4.46. The highest BCUT2D eigenvalue weighted by Gasteiger charge is 2.73. The Balaban J connectivity index is 2.65. The molecular weight excluding hydrogens is 517 g/mol. The molecule has 17 heteroatoms. The van der Waals surface area contributed by atoms with Crippen molar-refractivity contribution in [2.45, 2.75) is 28.4 Å². The summed E-state index contributed by atoms with van der Waals surface area (Å²) in [5.41, 5.74) is 2.34. The number of hydrogen-bond donors (Lipinski definition) is 1. The van der Waals surface area contributed by atoms with Gasteiger partial charge in [0.1, 0.15) is 17.6 Å². The van der Waals surface area contributed by atoms with Crippen LogP contribution < -0.4 is 5.73 Å². The van der Waals surface area contributed by atoms with Gasteiger partial charge in [-0.3, -0.25) is 0 Å². The lowest BCUT2D eigenvalue weighted by atomic mass is 10.2. The highest BCUT2D eigenvalue weighted by atomic mass is 35.5. The monoisotopic (exact) mass is 520 g/mol. The van der Waals surface area contributed by atoms with Crippen LogP contribution in [0.2, 0.25) is 10.0 Å². The number of aromatic nitrogens is 2. The Morgan fingerprint density at radius 2 is 1.45 bits per heavy atom. The van der Waals surface area contributed by atoms with Gasteiger partial charge in [0.05, 0.1) is 20.5 Å². The fraction of sp³-hybridized carbons (Fsp3) is 0.286. The zero-order valence-corrected chi connectivity index (χ0v) is 16.3. The Morgan fingerprint density at radius 3 is 1.84 bits per heavy atom. The minimum absolute atomic E-state index is 0.271. The van der Waals surface area contributed by atoms with Crippen LogP contribution in [0.1, 0.15) is 11.3 Å². The number of halogens is 12. The molecule has 2 N–H and O–H groups in total. The maximum atomic E-state index is 13.7. The summed E-state index contributed by atoms with van der Waals surface area (Å²) < 4.78 is 130. The first-order chi connectivity index (χ1) is 13.8. The Morgan fingerprint density at radius 1 is 0.968 bits per heavy atom. The number of thioether (sulfide) groups is 1. The van der Waals surface area contributed by atoms with Gasteiger partial charge in [-0.2, -0.15) is 54.3 Å². The number of nitriles is 1. The van der Waals surface area contributed by atoms with Crippen molar-refractivity contribution in [2.24, 2.45) is 0 Å². The molecule has 0 atom stereocenters. The molecule has 0 unspecified atom stereocenters. The van der Waals surface area contributed by atoms with Crippen LogP contribution in [-0.4, -0.2) is 27.1 Å². The van der Waals surface area contributed by atoms with Crippen molar-refractivity contribution in [3.63, 3.8) is 0 Å². The molecule has 0 amide bonds. The van der Waals surface area contributed by atoms with Crippen LogP contribution in [0.25, 0.3) is 5.69 Å². The molecule has 0 saturated heterocycles. The Labute approximate surface area is 179 Å². The third-order valence-electron chi connectivity index (χ3n) is 3.49. The molecule has 1 aromatic carbocycles. The lowest BCUT2D eigenvalue weighted by Crippen LogP contribution is -2.50. The number of hydrogen-bond acceptors (Lipinski definition) is 4. The number of anilines is 1. The quantitative estimate of drug-likeness (QED) is 0.367.